The number of hydrogen-bond acceptors (Lipinski definition) is 5. The number of carbonyl (C=O) groups excluding carboxylic acids is 2. The summed E-state index contributed by atoms with van der Waals surface area (Å²) in [5, 5.41) is 17.2. The molecule has 0 aliphatic heterocycles. The number of aliphatic hydroxyl groups excluding tert-OH is 1. The Labute approximate surface area is 181 Å². The lowest BCUT2D eigenvalue weighted by molar-refractivity contribution is 0.0949. The Hall–Kier alpha value is -2.97. The van der Waals surface area contributed by atoms with Gasteiger partial charge in [-0.15, -0.1) is 0 Å². The van der Waals surface area contributed by atoms with Crippen molar-refractivity contribution in [1.29, 1.82) is 0 Å². The number of unbranched alkanes of at least 4 members (excludes halogenated alkanes) is 1. The van der Waals surface area contributed by atoms with Crippen LogP contribution in [0.5, 0.6) is 5.75 Å². The van der Waals surface area contributed by atoms with Crippen molar-refractivity contribution >= 4 is 34.8 Å². The highest BCUT2D eigenvalue weighted by molar-refractivity contribution is 7.80. The van der Waals surface area contributed by atoms with Crippen LogP contribution in [0.3, 0.4) is 0 Å². The summed E-state index contributed by atoms with van der Waals surface area (Å²) in [6.45, 7) is 2.96. The Kier molecular flexibility index (Phi) is 9.76. The summed E-state index contributed by atoms with van der Waals surface area (Å²) in [5.74, 6) is -0.199. The van der Waals surface area contributed by atoms with Crippen molar-refractivity contribution in [2.45, 2.75) is 26.2 Å². The summed E-state index contributed by atoms with van der Waals surface area (Å²) in [6.07, 6.45) is 2.36. The average Bonchev–Trinajstić information content (AvgIpc) is 2.74. The quantitative estimate of drug-likeness (QED) is 0.342. The Bertz CT molecular complexity index is 873. The predicted molar refractivity (Wildman–Crippen MR) is 121 cm³/mol. The van der Waals surface area contributed by atoms with E-state index in [1.54, 1.807) is 48.5 Å². The van der Waals surface area contributed by atoms with Crippen LogP contribution in [0.2, 0.25) is 0 Å². The van der Waals surface area contributed by atoms with Gasteiger partial charge >= 0.3 is 0 Å². The molecule has 0 atom stereocenters. The minimum atomic E-state index is -0.399. The summed E-state index contributed by atoms with van der Waals surface area (Å²) in [7, 11) is 0. The van der Waals surface area contributed by atoms with Crippen molar-refractivity contribution in [1.82, 2.24) is 10.6 Å². The van der Waals surface area contributed by atoms with Crippen molar-refractivity contribution < 1.29 is 19.4 Å². The minimum absolute atomic E-state index is 0.0000722. The van der Waals surface area contributed by atoms with E-state index in [1.807, 2.05) is 0 Å². The lowest BCUT2D eigenvalue weighted by Crippen LogP contribution is -2.35. The van der Waals surface area contributed by atoms with Crippen LogP contribution in [0, 0.1) is 0 Å². The number of nitrogens with one attached hydrogen (secondary N) is 3. The van der Waals surface area contributed by atoms with Gasteiger partial charge in [0.2, 0.25) is 0 Å². The Morgan fingerprint density at radius 2 is 1.70 bits per heavy atom. The number of anilines is 1. The highest BCUT2D eigenvalue weighted by atomic mass is 32.1. The molecule has 4 N–H and O–H groups in total. The van der Waals surface area contributed by atoms with Gasteiger partial charge in [0.1, 0.15) is 5.75 Å². The van der Waals surface area contributed by atoms with E-state index in [9.17, 15) is 9.59 Å². The van der Waals surface area contributed by atoms with E-state index in [0.717, 1.165) is 12.8 Å². The van der Waals surface area contributed by atoms with Gasteiger partial charge in [0.15, 0.2) is 5.11 Å². The molecule has 2 aromatic rings. The van der Waals surface area contributed by atoms with Gasteiger partial charge in [-0.3, -0.25) is 14.9 Å². The first kappa shape index (κ1) is 23.3. The zero-order chi connectivity index (χ0) is 21.8. The zero-order valence-corrected chi connectivity index (χ0v) is 17.8. The third kappa shape index (κ3) is 7.13. The second-order valence-corrected chi connectivity index (χ2v) is 6.89. The van der Waals surface area contributed by atoms with Crippen LogP contribution in [0.1, 0.15) is 46.9 Å². The van der Waals surface area contributed by atoms with Crippen LogP contribution < -0.4 is 20.7 Å². The van der Waals surface area contributed by atoms with E-state index in [-0.39, 0.29) is 17.6 Å². The molecule has 0 saturated heterocycles. The number of hydrogen-bond donors (Lipinski definition) is 4. The van der Waals surface area contributed by atoms with Crippen LogP contribution in [0.25, 0.3) is 0 Å². The fourth-order valence-electron chi connectivity index (χ4n) is 2.60. The molecule has 0 radical (unpaired) electrons. The first-order chi connectivity index (χ1) is 14.6. The molecule has 0 saturated carbocycles. The second kappa shape index (κ2) is 12.6. The summed E-state index contributed by atoms with van der Waals surface area (Å²) in [5.41, 5.74) is 1.24. The summed E-state index contributed by atoms with van der Waals surface area (Å²) in [4.78, 5) is 25.0. The normalized spacial score (nSPS) is 10.2. The van der Waals surface area contributed by atoms with E-state index < -0.39 is 5.91 Å². The smallest absolute Gasteiger partial charge is 0.261 e. The molecule has 0 bridgehead atoms. The fraction of sp³-hybridized carbons (Fsp3) is 0.318. The molecule has 30 heavy (non-hydrogen) atoms. The highest BCUT2D eigenvalue weighted by Gasteiger charge is 2.15. The molecular formula is C22H27N3O4S. The second-order valence-electron chi connectivity index (χ2n) is 6.49. The van der Waals surface area contributed by atoms with Gasteiger partial charge in [-0.25, -0.2) is 0 Å². The minimum Gasteiger partial charge on any atom is -0.493 e. The summed E-state index contributed by atoms with van der Waals surface area (Å²) < 4.78 is 5.70. The number of para-hydroxylation sites is 2. The maximum Gasteiger partial charge on any atom is 0.261 e. The number of ether oxygens (including phenoxy) is 1. The maximum absolute atomic E-state index is 12.7. The number of amides is 2. The van der Waals surface area contributed by atoms with Crippen molar-refractivity contribution in [2.75, 3.05) is 25.1 Å². The van der Waals surface area contributed by atoms with E-state index in [4.69, 9.17) is 22.1 Å². The lowest BCUT2D eigenvalue weighted by atomic mass is 10.1. The van der Waals surface area contributed by atoms with Crippen molar-refractivity contribution in [3.63, 3.8) is 0 Å². The largest absolute Gasteiger partial charge is 0.493 e. The molecule has 7 nitrogen and oxygen atoms in total. The molecule has 0 aliphatic rings. The molecule has 2 amide bonds. The highest BCUT2D eigenvalue weighted by Crippen LogP contribution is 2.19. The third-order valence-electron chi connectivity index (χ3n) is 4.15. The number of thiocarbonyl (C=S) groups is 1. The fourth-order valence-corrected chi connectivity index (χ4v) is 2.80. The van der Waals surface area contributed by atoms with Crippen LogP contribution in [0.4, 0.5) is 5.69 Å². The van der Waals surface area contributed by atoms with Gasteiger partial charge in [-0.2, -0.15) is 0 Å². The molecule has 0 spiro atoms. The maximum atomic E-state index is 12.7. The van der Waals surface area contributed by atoms with E-state index >= 15 is 0 Å². The van der Waals surface area contributed by atoms with Crippen LogP contribution in [-0.2, 0) is 0 Å². The van der Waals surface area contributed by atoms with Crippen molar-refractivity contribution in [2.24, 2.45) is 0 Å². The van der Waals surface area contributed by atoms with E-state index in [1.165, 1.54) is 0 Å². The predicted octanol–water partition coefficient (Wildman–Crippen LogP) is 3.10. The topological polar surface area (TPSA) is 99.7 Å². The van der Waals surface area contributed by atoms with Gasteiger partial charge in [-0.05, 0) is 49.3 Å². The van der Waals surface area contributed by atoms with Gasteiger partial charge in [-0.1, -0.05) is 37.6 Å². The first-order valence-electron chi connectivity index (χ1n) is 9.89. The lowest BCUT2D eigenvalue weighted by Gasteiger charge is -2.15. The molecule has 0 aliphatic carbocycles. The monoisotopic (exact) mass is 429 g/mol. The van der Waals surface area contributed by atoms with Gasteiger partial charge in [0.25, 0.3) is 11.8 Å². The van der Waals surface area contributed by atoms with Gasteiger partial charge in [0.05, 0.1) is 23.4 Å². The van der Waals surface area contributed by atoms with E-state index in [0.29, 0.717) is 42.1 Å². The number of carbonyl (C=O) groups is 2. The van der Waals surface area contributed by atoms with Crippen molar-refractivity contribution in [3.8, 4) is 5.75 Å². The first-order valence-corrected chi connectivity index (χ1v) is 10.3. The molecular weight excluding hydrogens is 402 g/mol. The third-order valence-corrected chi connectivity index (χ3v) is 4.36. The van der Waals surface area contributed by atoms with Gasteiger partial charge in [0, 0.05) is 13.2 Å². The van der Waals surface area contributed by atoms with Crippen LogP contribution in [0.15, 0.2) is 48.5 Å². The Morgan fingerprint density at radius 1 is 1.00 bits per heavy atom. The number of aliphatic hydroxyl groups is 1. The Morgan fingerprint density at radius 3 is 2.43 bits per heavy atom. The standard InChI is InChI=1S/C22H27N3O4S/c1-2-3-15-29-19-12-7-5-10-17(19)21(28)25-22(30)24-18-11-6-4-9-16(18)20(27)23-13-8-14-26/h4-7,9-12,26H,2-3,8,13-15H2,1H3,(H,23,27)(H2,24,25,28,30). The number of benzene rings is 2. The number of rotatable bonds is 10. The van der Waals surface area contributed by atoms with Crippen LogP contribution in [-0.4, -0.2) is 41.8 Å². The molecule has 0 unspecified atom stereocenters. The van der Waals surface area contributed by atoms with E-state index in [2.05, 4.69) is 22.9 Å². The summed E-state index contributed by atoms with van der Waals surface area (Å²) in [6, 6.07) is 13.8. The molecule has 8 heteroatoms. The Balaban J connectivity index is 2.03. The van der Waals surface area contributed by atoms with Crippen molar-refractivity contribution in [3.05, 3.63) is 59.7 Å². The molecule has 2 aromatic carbocycles. The molecule has 0 heterocycles. The molecule has 0 fully saturated rings. The zero-order valence-electron chi connectivity index (χ0n) is 16.9. The molecule has 2 rings (SSSR count). The average molecular weight is 430 g/mol. The molecule has 0 aromatic heterocycles. The SMILES string of the molecule is CCCCOc1ccccc1C(=O)NC(=S)Nc1ccccc1C(=O)NCCCO. The summed E-state index contributed by atoms with van der Waals surface area (Å²) >= 11 is 5.27. The van der Waals surface area contributed by atoms with Crippen LogP contribution >= 0.6 is 12.2 Å². The van der Waals surface area contributed by atoms with Gasteiger partial charge < -0.3 is 20.5 Å². The molecule has 160 valence electrons.